The summed E-state index contributed by atoms with van der Waals surface area (Å²) in [5.74, 6) is 0.258. The van der Waals surface area contributed by atoms with E-state index in [0.717, 1.165) is 45.8 Å². The Kier molecular flexibility index (Phi) is 9.98. The minimum atomic E-state index is -0.387. The number of nitrogens with one attached hydrogen (secondary N) is 2. The number of thiophene rings is 1. The van der Waals surface area contributed by atoms with E-state index in [-0.39, 0.29) is 48.6 Å². The zero-order chi connectivity index (χ0) is 21.8. The van der Waals surface area contributed by atoms with Gasteiger partial charge in [-0.15, -0.1) is 36.2 Å². The number of ether oxygens (including phenoxy) is 2. The lowest BCUT2D eigenvalue weighted by Crippen LogP contribution is -2.20. The number of nitrogens with two attached hydrogens (primary N) is 1. The fraction of sp³-hybridized carbons (Fsp3) is 0.333. The highest BCUT2D eigenvalue weighted by molar-refractivity contribution is 7.19. The second-order valence-corrected chi connectivity index (χ2v) is 8.86. The highest BCUT2D eigenvalue weighted by Crippen LogP contribution is 2.32. The summed E-state index contributed by atoms with van der Waals surface area (Å²) in [6.07, 6.45) is 1.76. The molecule has 2 atom stereocenters. The molecule has 4 N–H and O–H groups in total. The Morgan fingerprint density at radius 3 is 2.61 bits per heavy atom. The molecule has 1 saturated heterocycles. The van der Waals surface area contributed by atoms with Gasteiger partial charge in [0.05, 0.1) is 12.5 Å². The van der Waals surface area contributed by atoms with Crippen LogP contribution in [0.15, 0.2) is 48.5 Å². The number of esters is 1. The summed E-state index contributed by atoms with van der Waals surface area (Å²) in [4.78, 5) is 13.9. The monoisotopic (exact) mass is 509 g/mol. The van der Waals surface area contributed by atoms with Gasteiger partial charge in [0.15, 0.2) is 0 Å². The molecule has 2 aromatic carbocycles. The third kappa shape index (κ3) is 6.60. The summed E-state index contributed by atoms with van der Waals surface area (Å²) in [5.41, 5.74) is 7.23. The first-order valence-electron chi connectivity index (χ1n) is 10.5. The number of amidine groups is 1. The van der Waals surface area contributed by atoms with E-state index in [9.17, 15) is 4.79 Å². The van der Waals surface area contributed by atoms with Gasteiger partial charge >= 0.3 is 5.97 Å². The first-order chi connectivity index (χ1) is 15.0. The summed E-state index contributed by atoms with van der Waals surface area (Å²) < 4.78 is 12.5. The van der Waals surface area contributed by atoms with Crippen LogP contribution in [-0.4, -0.2) is 37.6 Å². The van der Waals surface area contributed by atoms with Gasteiger partial charge in [0.25, 0.3) is 0 Å². The van der Waals surface area contributed by atoms with Gasteiger partial charge in [-0.2, -0.15) is 0 Å². The molecule has 2 heterocycles. The number of fused-ring (bicyclic) bond motifs is 1. The molecule has 0 aliphatic carbocycles. The molecule has 0 spiro atoms. The molecule has 1 aliphatic heterocycles. The van der Waals surface area contributed by atoms with E-state index < -0.39 is 0 Å². The van der Waals surface area contributed by atoms with Crippen molar-refractivity contribution in [1.29, 1.82) is 5.41 Å². The first kappa shape index (κ1) is 26.9. The SMILES string of the molecule is CCOC(=O)C(Cc1cc2cc(C(=N)N)ccc2s1)c1ccc(O[C@H]2CCNC2)cc1.Cl.Cl. The first-order valence-corrected chi connectivity index (χ1v) is 11.4. The largest absolute Gasteiger partial charge is 0.489 e. The van der Waals surface area contributed by atoms with E-state index in [4.69, 9.17) is 20.6 Å². The molecule has 0 saturated carbocycles. The van der Waals surface area contributed by atoms with Gasteiger partial charge in [-0.05, 0) is 73.7 Å². The minimum absolute atomic E-state index is 0. The van der Waals surface area contributed by atoms with Crippen molar-refractivity contribution >= 4 is 58.0 Å². The summed E-state index contributed by atoms with van der Waals surface area (Å²) in [6, 6.07) is 15.6. The van der Waals surface area contributed by atoms with Crippen molar-refractivity contribution in [2.45, 2.75) is 31.8 Å². The minimum Gasteiger partial charge on any atom is -0.489 e. The number of carbonyl (C=O) groups excluding carboxylic acids is 1. The lowest BCUT2D eigenvalue weighted by atomic mass is 9.94. The number of benzene rings is 2. The zero-order valence-corrected chi connectivity index (χ0v) is 20.8. The van der Waals surface area contributed by atoms with Gasteiger partial charge in [0.2, 0.25) is 0 Å². The average Bonchev–Trinajstić information content (AvgIpc) is 3.41. The van der Waals surface area contributed by atoms with E-state index in [0.29, 0.717) is 18.6 Å². The molecule has 178 valence electrons. The van der Waals surface area contributed by atoms with Crippen LogP contribution in [0, 0.1) is 5.41 Å². The molecular formula is C24H29Cl2N3O3S. The van der Waals surface area contributed by atoms with Gasteiger partial charge in [-0.3, -0.25) is 10.2 Å². The van der Waals surface area contributed by atoms with Crippen LogP contribution < -0.4 is 15.8 Å². The second-order valence-electron chi connectivity index (χ2n) is 7.69. The van der Waals surface area contributed by atoms with Gasteiger partial charge in [0.1, 0.15) is 17.7 Å². The van der Waals surface area contributed by atoms with Gasteiger partial charge in [-0.25, -0.2) is 0 Å². The molecule has 9 heteroatoms. The molecule has 33 heavy (non-hydrogen) atoms. The van der Waals surface area contributed by atoms with Crippen molar-refractivity contribution in [2.24, 2.45) is 5.73 Å². The predicted octanol–water partition coefficient (Wildman–Crippen LogP) is 4.66. The van der Waals surface area contributed by atoms with E-state index in [1.54, 1.807) is 11.3 Å². The molecule has 4 rings (SSSR count). The fourth-order valence-electron chi connectivity index (χ4n) is 3.85. The van der Waals surface area contributed by atoms with E-state index in [1.165, 1.54) is 0 Å². The van der Waals surface area contributed by atoms with E-state index >= 15 is 0 Å². The van der Waals surface area contributed by atoms with Crippen molar-refractivity contribution in [3.63, 3.8) is 0 Å². The number of carbonyl (C=O) groups is 1. The van der Waals surface area contributed by atoms with Crippen molar-refractivity contribution in [2.75, 3.05) is 19.7 Å². The van der Waals surface area contributed by atoms with Crippen molar-refractivity contribution in [3.05, 3.63) is 64.5 Å². The van der Waals surface area contributed by atoms with Crippen LogP contribution in [0.5, 0.6) is 5.75 Å². The molecule has 0 bridgehead atoms. The number of halogens is 2. The Morgan fingerprint density at radius 2 is 1.97 bits per heavy atom. The van der Waals surface area contributed by atoms with Crippen LogP contribution in [0.25, 0.3) is 10.1 Å². The van der Waals surface area contributed by atoms with Gasteiger partial charge in [0, 0.05) is 21.7 Å². The maximum atomic E-state index is 12.8. The molecule has 6 nitrogen and oxygen atoms in total. The lowest BCUT2D eigenvalue weighted by molar-refractivity contribution is -0.144. The Balaban J connectivity index is 0.00000193. The predicted molar refractivity (Wildman–Crippen MR) is 139 cm³/mol. The Hall–Kier alpha value is -2.32. The topological polar surface area (TPSA) is 97.4 Å². The van der Waals surface area contributed by atoms with Crippen LogP contribution in [0.4, 0.5) is 0 Å². The summed E-state index contributed by atoms with van der Waals surface area (Å²) >= 11 is 1.65. The Labute approximate surface area is 210 Å². The molecule has 0 amide bonds. The molecule has 1 aliphatic rings. The quantitative estimate of drug-likeness (QED) is 0.233. The van der Waals surface area contributed by atoms with Crippen LogP contribution in [-0.2, 0) is 16.0 Å². The Bertz CT molecular complexity index is 1080. The van der Waals surface area contributed by atoms with Crippen molar-refractivity contribution in [3.8, 4) is 5.75 Å². The van der Waals surface area contributed by atoms with Crippen LogP contribution in [0.2, 0.25) is 0 Å². The van der Waals surface area contributed by atoms with E-state index in [2.05, 4.69) is 11.4 Å². The van der Waals surface area contributed by atoms with Crippen LogP contribution in [0.1, 0.15) is 35.3 Å². The van der Waals surface area contributed by atoms with Gasteiger partial charge < -0.3 is 20.5 Å². The number of nitrogen functional groups attached to an aromatic ring is 1. The maximum Gasteiger partial charge on any atom is 0.313 e. The third-order valence-electron chi connectivity index (χ3n) is 5.46. The van der Waals surface area contributed by atoms with Crippen LogP contribution >= 0.6 is 36.2 Å². The normalized spacial score (nSPS) is 15.8. The highest BCUT2D eigenvalue weighted by atomic mass is 35.5. The average molecular weight is 510 g/mol. The molecule has 1 fully saturated rings. The zero-order valence-electron chi connectivity index (χ0n) is 18.3. The second kappa shape index (κ2) is 12.2. The fourth-order valence-corrected chi connectivity index (χ4v) is 4.94. The van der Waals surface area contributed by atoms with Crippen LogP contribution in [0.3, 0.4) is 0 Å². The molecule has 0 radical (unpaired) electrons. The molecule has 1 aromatic heterocycles. The number of rotatable bonds is 8. The smallest absolute Gasteiger partial charge is 0.313 e. The van der Waals surface area contributed by atoms with E-state index in [1.807, 2.05) is 49.4 Å². The Morgan fingerprint density at radius 1 is 1.21 bits per heavy atom. The summed E-state index contributed by atoms with van der Waals surface area (Å²) in [7, 11) is 0. The lowest BCUT2D eigenvalue weighted by Gasteiger charge is -2.17. The molecular weight excluding hydrogens is 481 g/mol. The number of hydrogen-bond acceptors (Lipinski definition) is 6. The van der Waals surface area contributed by atoms with Crippen molar-refractivity contribution in [1.82, 2.24) is 5.32 Å². The summed E-state index contributed by atoms with van der Waals surface area (Å²) in [5, 5.41) is 12.0. The van der Waals surface area contributed by atoms with Crippen molar-refractivity contribution < 1.29 is 14.3 Å². The maximum absolute atomic E-state index is 12.8. The highest BCUT2D eigenvalue weighted by Gasteiger charge is 2.24. The molecule has 1 unspecified atom stereocenters. The number of hydrogen-bond donors (Lipinski definition) is 3. The third-order valence-corrected chi connectivity index (χ3v) is 6.59. The summed E-state index contributed by atoms with van der Waals surface area (Å²) in [6.45, 7) is 4.02. The standard InChI is InChI=1S/C24H27N3O3S.2ClH/c1-2-29-24(28)21(15-3-6-18(7-4-15)30-19-9-10-27-14-19)13-20-12-17-11-16(23(25)26)5-8-22(17)31-20;;/h3-8,11-12,19,21,27H,2,9-10,13-14H2,1H3,(H3,25,26);2*1H/t19-,21?;;/m0../s1. The van der Waals surface area contributed by atoms with Gasteiger partial charge in [-0.1, -0.05) is 12.1 Å². The molecule has 3 aromatic rings.